The maximum absolute atomic E-state index is 13.4. The molecular formula is C29H42O4. The van der Waals surface area contributed by atoms with E-state index in [1.54, 1.807) is 0 Å². The molecule has 0 amide bonds. The second-order valence-electron chi connectivity index (χ2n) is 13.1. The molecule has 0 heterocycles. The summed E-state index contributed by atoms with van der Waals surface area (Å²) in [7, 11) is 0. The largest absolute Gasteiger partial charge is 0.462 e. The van der Waals surface area contributed by atoms with Crippen LogP contribution in [-0.4, -0.2) is 24.1 Å². The molecule has 10 atom stereocenters. The van der Waals surface area contributed by atoms with Crippen LogP contribution in [0.25, 0.3) is 0 Å². The van der Waals surface area contributed by atoms with E-state index >= 15 is 0 Å². The highest BCUT2D eigenvalue weighted by molar-refractivity contribution is 5.74. The molecule has 2 bridgehead atoms. The fraction of sp³-hybridized carbons (Fsp3) is 0.862. The highest BCUT2D eigenvalue weighted by atomic mass is 16.5. The quantitative estimate of drug-likeness (QED) is 0.375. The first-order valence-electron chi connectivity index (χ1n) is 13.8. The summed E-state index contributed by atoms with van der Waals surface area (Å²) in [6.07, 6.45) is 16.5. The number of hydrogen-bond acceptors (Lipinski definition) is 4. The molecule has 0 spiro atoms. The monoisotopic (exact) mass is 454 g/mol. The number of hydrogen-bond donors (Lipinski definition) is 0. The second kappa shape index (κ2) is 7.85. The maximum atomic E-state index is 13.4. The lowest BCUT2D eigenvalue weighted by Gasteiger charge is -2.57. The van der Waals surface area contributed by atoms with Crippen molar-refractivity contribution < 1.29 is 19.1 Å². The van der Waals surface area contributed by atoms with Gasteiger partial charge in [-0.25, -0.2) is 0 Å². The van der Waals surface area contributed by atoms with Crippen molar-refractivity contribution in [1.82, 2.24) is 0 Å². The molecule has 0 aromatic rings. The van der Waals surface area contributed by atoms with E-state index in [1.165, 1.54) is 44.6 Å². The molecule has 33 heavy (non-hydrogen) atoms. The summed E-state index contributed by atoms with van der Waals surface area (Å²) in [5.74, 6) is 3.56. The molecule has 5 fully saturated rings. The van der Waals surface area contributed by atoms with Crippen LogP contribution in [0.3, 0.4) is 0 Å². The van der Waals surface area contributed by atoms with Crippen LogP contribution in [0.2, 0.25) is 0 Å². The zero-order chi connectivity index (χ0) is 23.0. The molecular weight excluding hydrogens is 412 g/mol. The van der Waals surface area contributed by atoms with Gasteiger partial charge in [-0.15, -0.1) is 0 Å². The van der Waals surface area contributed by atoms with Crippen molar-refractivity contribution in [1.29, 1.82) is 0 Å². The Labute approximate surface area is 199 Å². The molecule has 4 nitrogen and oxygen atoms in total. The van der Waals surface area contributed by atoms with Gasteiger partial charge in [0.2, 0.25) is 0 Å². The van der Waals surface area contributed by atoms with E-state index in [1.807, 2.05) is 0 Å². The summed E-state index contributed by atoms with van der Waals surface area (Å²) in [5.41, 5.74) is 1.88. The van der Waals surface area contributed by atoms with Crippen molar-refractivity contribution in [2.75, 3.05) is 0 Å². The Kier molecular flexibility index (Phi) is 5.27. The summed E-state index contributed by atoms with van der Waals surface area (Å²) < 4.78 is 11.8. The fourth-order valence-electron chi connectivity index (χ4n) is 9.91. The number of ether oxygens (including phenoxy) is 2. The molecule has 5 saturated carbocycles. The van der Waals surface area contributed by atoms with Crippen molar-refractivity contribution in [2.45, 2.75) is 110 Å². The Hall–Kier alpha value is -1.32. The third kappa shape index (κ3) is 3.44. The van der Waals surface area contributed by atoms with Crippen LogP contribution in [-0.2, 0) is 19.1 Å². The normalized spacial score (nSPS) is 50.1. The lowest BCUT2D eigenvalue weighted by molar-refractivity contribution is -0.164. The van der Waals surface area contributed by atoms with Crippen LogP contribution < -0.4 is 0 Å². The molecule has 0 saturated heterocycles. The number of esters is 2. The lowest BCUT2D eigenvalue weighted by Crippen LogP contribution is -2.51. The van der Waals surface area contributed by atoms with Gasteiger partial charge in [0, 0.05) is 13.3 Å². The van der Waals surface area contributed by atoms with Crippen LogP contribution in [0.4, 0.5) is 0 Å². The molecule has 6 aliphatic carbocycles. The van der Waals surface area contributed by atoms with E-state index in [2.05, 4.69) is 19.9 Å². The lowest BCUT2D eigenvalue weighted by atomic mass is 9.47. The van der Waals surface area contributed by atoms with Gasteiger partial charge in [0.15, 0.2) is 0 Å². The van der Waals surface area contributed by atoms with Gasteiger partial charge >= 0.3 is 11.9 Å². The number of rotatable bonds is 3. The van der Waals surface area contributed by atoms with Gasteiger partial charge in [0.05, 0.1) is 5.92 Å². The van der Waals surface area contributed by atoms with Crippen LogP contribution in [0, 0.1) is 46.3 Å². The zero-order valence-corrected chi connectivity index (χ0v) is 20.8. The smallest absolute Gasteiger partial charge is 0.309 e. The molecule has 6 rings (SSSR count). The maximum Gasteiger partial charge on any atom is 0.309 e. The van der Waals surface area contributed by atoms with Crippen LogP contribution in [0.15, 0.2) is 11.6 Å². The molecule has 0 aromatic heterocycles. The summed E-state index contributed by atoms with van der Waals surface area (Å²) in [6, 6.07) is 0. The van der Waals surface area contributed by atoms with Crippen LogP contribution >= 0.6 is 0 Å². The zero-order valence-electron chi connectivity index (χ0n) is 20.8. The van der Waals surface area contributed by atoms with Crippen molar-refractivity contribution in [3.05, 3.63) is 11.6 Å². The topological polar surface area (TPSA) is 52.6 Å². The van der Waals surface area contributed by atoms with Crippen LogP contribution in [0.5, 0.6) is 0 Å². The van der Waals surface area contributed by atoms with Crippen molar-refractivity contribution in [3.8, 4) is 0 Å². The first-order valence-corrected chi connectivity index (χ1v) is 13.8. The van der Waals surface area contributed by atoms with Crippen molar-refractivity contribution >= 4 is 11.9 Å². The van der Waals surface area contributed by atoms with E-state index in [9.17, 15) is 9.59 Å². The number of carbonyl (C=O) groups excluding carboxylic acids is 2. The Morgan fingerprint density at radius 2 is 1.79 bits per heavy atom. The van der Waals surface area contributed by atoms with Crippen LogP contribution in [0.1, 0.15) is 97.8 Å². The predicted molar refractivity (Wildman–Crippen MR) is 126 cm³/mol. The highest BCUT2D eigenvalue weighted by Gasteiger charge is 2.60. The molecule has 0 N–H and O–H groups in total. The van der Waals surface area contributed by atoms with E-state index < -0.39 is 0 Å². The molecule has 6 aliphatic rings. The number of carbonyl (C=O) groups is 2. The third-order valence-corrected chi connectivity index (χ3v) is 11.6. The van der Waals surface area contributed by atoms with E-state index in [-0.39, 0.29) is 40.9 Å². The van der Waals surface area contributed by atoms with Gasteiger partial charge in [-0.2, -0.15) is 0 Å². The van der Waals surface area contributed by atoms with Gasteiger partial charge in [-0.1, -0.05) is 25.5 Å². The summed E-state index contributed by atoms with van der Waals surface area (Å²) in [4.78, 5) is 24.9. The number of fused-ring (bicyclic) bond motifs is 7. The standard InChI is InChI=1S/C29H42O4/c1-17(30)32-21-10-12-28(2)20(16-21)6-7-22-23-8-9-25(29(23,3)13-11-24(22)28)27(31)33-26-15-18-4-5-19(26)14-18/h6,18-19,21-26H,4-5,7-16H2,1-3H3. The molecule has 182 valence electrons. The van der Waals surface area contributed by atoms with Gasteiger partial charge in [0.1, 0.15) is 12.2 Å². The minimum absolute atomic E-state index is 0.0590. The average molecular weight is 455 g/mol. The Bertz CT molecular complexity index is 862. The van der Waals surface area contributed by atoms with Gasteiger partial charge in [-0.05, 0) is 111 Å². The first-order chi connectivity index (χ1) is 15.8. The highest BCUT2D eigenvalue weighted by Crippen LogP contribution is 2.66. The van der Waals surface area contributed by atoms with Gasteiger partial charge in [0.25, 0.3) is 0 Å². The molecule has 4 heteroatoms. The first kappa shape index (κ1) is 22.2. The minimum atomic E-state index is -0.152. The van der Waals surface area contributed by atoms with Gasteiger partial charge in [-0.3, -0.25) is 9.59 Å². The second-order valence-corrected chi connectivity index (χ2v) is 13.1. The summed E-state index contributed by atoms with van der Waals surface area (Å²) in [5, 5.41) is 0. The average Bonchev–Trinajstić information content (AvgIpc) is 3.47. The minimum Gasteiger partial charge on any atom is -0.462 e. The Morgan fingerprint density at radius 1 is 0.939 bits per heavy atom. The molecule has 0 radical (unpaired) electrons. The molecule has 0 aliphatic heterocycles. The Balaban J connectivity index is 1.17. The Morgan fingerprint density at radius 3 is 2.52 bits per heavy atom. The van der Waals surface area contributed by atoms with Crippen molar-refractivity contribution in [3.63, 3.8) is 0 Å². The van der Waals surface area contributed by atoms with Gasteiger partial charge < -0.3 is 9.47 Å². The third-order valence-electron chi connectivity index (χ3n) is 11.6. The molecule has 10 unspecified atom stereocenters. The summed E-state index contributed by atoms with van der Waals surface area (Å²) >= 11 is 0. The fourth-order valence-corrected chi connectivity index (χ4v) is 9.91. The summed E-state index contributed by atoms with van der Waals surface area (Å²) in [6.45, 7) is 6.44. The van der Waals surface area contributed by atoms with E-state index in [4.69, 9.17) is 9.47 Å². The number of allylic oxidation sites excluding steroid dienone is 1. The SMILES string of the molecule is CC(=O)OC1CCC2(C)C(=CCC3C2CCC2(C)C(C(=O)OC4CC5CCC4C5)CCC32)C1. The molecule has 0 aromatic carbocycles. The van der Waals surface area contributed by atoms with Crippen molar-refractivity contribution in [2.24, 2.45) is 46.3 Å². The predicted octanol–water partition coefficient (Wildman–Crippen LogP) is 6.23. The van der Waals surface area contributed by atoms with E-state index in [0.29, 0.717) is 23.7 Å². The van der Waals surface area contributed by atoms with E-state index in [0.717, 1.165) is 50.9 Å².